The van der Waals surface area contributed by atoms with Crippen LogP contribution in [0.15, 0.2) is 71.4 Å². The molecule has 18 heteroatoms. The molecule has 66 heavy (non-hydrogen) atoms. The Morgan fingerprint density at radius 1 is 0.697 bits per heavy atom. The van der Waals surface area contributed by atoms with Crippen LogP contribution in [-0.4, -0.2) is 96.1 Å². The summed E-state index contributed by atoms with van der Waals surface area (Å²) in [5, 5.41) is 16.3. The molecule has 2 unspecified atom stereocenters. The molecule has 0 spiro atoms. The van der Waals surface area contributed by atoms with Crippen molar-refractivity contribution in [1.82, 2.24) is 39.2 Å². The summed E-state index contributed by atoms with van der Waals surface area (Å²) in [5.41, 5.74) is 7.80. The number of hydrogen-bond donors (Lipinski definition) is 0. The van der Waals surface area contributed by atoms with Crippen LogP contribution in [0.2, 0.25) is 0 Å². The Morgan fingerprint density at radius 3 is 1.80 bits per heavy atom. The first kappa shape index (κ1) is 46.0. The van der Waals surface area contributed by atoms with Crippen molar-refractivity contribution < 1.29 is 37.0 Å². The molecule has 9 heterocycles. The van der Waals surface area contributed by atoms with E-state index in [2.05, 4.69) is 100.0 Å². The van der Waals surface area contributed by atoms with Crippen LogP contribution in [0, 0.1) is 11.6 Å². The van der Waals surface area contributed by atoms with Gasteiger partial charge in [0.1, 0.15) is 47.4 Å². The monoisotopic (exact) mass is 966 g/mol. The van der Waals surface area contributed by atoms with E-state index in [9.17, 15) is 8.78 Å². The molecule has 1 saturated heterocycles. The lowest BCUT2D eigenvalue weighted by molar-refractivity contribution is 0.00578. The van der Waals surface area contributed by atoms with E-state index < -0.39 is 0 Å². The first-order valence-corrected chi connectivity index (χ1v) is 23.4. The van der Waals surface area contributed by atoms with E-state index in [-0.39, 0.29) is 42.2 Å². The summed E-state index contributed by atoms with van der Waals surface area (Å²) in [6.45, 7) is 15.0. The van der Waals surface area contributed by atoms with Crippen LogP contribution in [0.3, 0.4) is 0 Å². The van der Waals surface area contributed by atoms with Gasteiger partial charge in [0, 0.05) is 54.8 Å². The van der Waals surface area contributed by atoms with Crippen LogP contribution in [0.25, 0.3) is 16.9 Å². The molecule has 2 aromatic carbocycles. The fourth-order valence-corrected chi connectivity index (χ4v) is 9.28. The number of halogens is 3. The van der Waals surface area contributed by atoms with Crippen molar-refractivity contribution in [3.8, 4) is 11.5 Å². The molecule has 0 radical (unpaired) electrons. The summed E-state index contributed by atoms with van der Waals surface area (Å²) in [5.74, 6) is 2.87. The Hall–Kier alpha value is -5.14. The van der Waals surface area contributed by atoms with E-state index in [1.54, 1.807) is 31.0 Å². The van der Waals surface area contributed by atoms with Crippen LogP contribution in [0.1, 0.15) is 93.9 Å². The highest BCUT2D eigenvalue weighted by Crippen LogP contribution is 2.40. The SMILES string of the molecule is CC1CC(B2OC(C)(C)C(C)(C)O2)=CCO1.CC1CC(c2cnc(CCc3c(F)ccc4c3CCO4)n3cnnc23)=CCO1.Fc1ccc2c(c1CCc1ncc(Br)c3nncn13)CCO2. The maximum Gasteiger partial charge on any atom is 0.490 e. The van der Waals surface area contributed by atoms with Gasteiger partial charge in [-0.15, -0.1) is 20.4 Å². The molecule has 2 atom stereocenters. The highest BCUT2D eigenvalue weighted by molar-refractivity contribution is 9.10. The lowest BCUT2D eigenvalue weighted by atomic mass is 9.74. The molecule has 5 aliphatic heterocycles. The first-order valence-electron chi connectivity index (χ1n) is 22.6. The highest BCUT2D eigenvalue weighted by Gasteiger charge is 2.52. The number of ether oxygens (including phenoxy) is 4. The number of fused-ring (bicyclic) bond motifs is 4. The lowest BCUT2D eigenvalue weighted by Gasteiger charge is -2.32. The van der Waals surface area contributed by atoms with Gasteiger partial charge in [-0.3, -0.25) is 8.80 Å². The molecule has 14 nitrogen and oxygen atoms in total. The first-order chi connectivity index (χ1) is 31.8. The summed E-state index contributed by atoms with van der Waals surface area (Å²) >= 11 is 3.40. The summed E-state index contributed by atoms with van der Waals surface area (Å²) in [6.07, 6.45) is 17.0. The Balaban J connectivity index is 0.000000130. The Labute approximate surface area is 391 Å². The molecule has 1 fully saturated rings. The number of nitrogens with zero attached hydrogens (tertiary/aromatic N) is 8. The van der Waals surface area contributed by atoms with Gasteiger partial charge in [-0.05, 0) is 130 Å². The zero-order valence-corrected chi connectivity index (χ0v) is 39.7. The Bertz CT molecular complexity index is 2800. The third kappa shape index (κ3) is 9.52. The minimum absolute atomic E-state index is 0.174. The van der Waals surface area contributed by atoms with Crippen molar-refractivity contribution in [2.24, 2.45) is 0 Å². The zero-order valence-electron chi connectivity index (χ0n) is 38.2. The minimum Gasteiger partial charge on any atom is -0.493 e. The molecule has 346 valence electrons. The van der Waals surface area contributed by atoms with Gasteiger partial charge in [-0.2, -0.15) is 0 Å². The highest BCUT2D eigenvalue weighted by atomic mass is 79.9. The summed E-state index contributed by atoms with van der Waals surface area (Å²) < 4.78 is 67.3. The molecule has 0 bridgehead atoms. The quantitative estimate of drug-likeness (QED) is 0.136. The van der Waals surface area contributed by atoms with E-state index in [1.807, 2.05) is 15.0 Å². The smallest absolute Gasteiger partial charge is 0.490 e. The molecule has 0 aliphatic carbocycles. The van der Waals surface area contributed by atoms with Gasteiger partial charge in [0.05, 0.1) is 54.3 Å². The molecular formula is C48H54BBrF2N8O6. The third-order valence-electron chi connectivity index (χ3n) is 13.2. The summed E-state index contributed by atoms with van der Waals surface area (Å²) in [7, 11) is -0.198. The molecule has 0 N–H and O–H groups in total. The fraction of sp³-hybridized carbons (Fsp3) is 0.458. The van der Waals surface area contributed by atoms with Crippen LogP contribution in [0.5, 0.6) is 11.5 Å². The van der Waals surface area contributed by atoms with Crippen molar-refractivity contribution in [2.75, 3.05) is 26.4 Å². The van der Waals surface area contributed by atoms with Crippen molar-refractivity contribution in [3.63, 3.8) is 0 Å². The third-order valence-corrected chi connectivity index (χ3v) is 13.8. The molecular weight excluding hydrogens is 913 g/mol. The number of hydrogen-bond acceptors (Lipinski definition) is 12. The number of aryl methyl sites for hydroxylation is 2. The number of rotatable bonds is 8. The van der Waals surface area contributed by atoms with Crippen molar-refractivity contribution in [3.05, 3.63) is 123 Å². The van der Waals surface area contributed by atoms with Gasteiger partial charge in [0.25, 0.3) is 0 Å². The Morgan fingerprint density at radius 2 is 1.23 bits per heavy atom. The molecule has 6 aromatic rings. The minimum atomic E-state index is -0.250. The van der Waals surface area contributed by atoms with Crippen LogP contribution < -0.4 is 9.47 Å². The van der Waals surface area contributed by atoms with Crippen molar-refractivity contribution >= 4 is 39.9 Å². The second-order valence-electron chi connectivity index (χ2n) is 18.2. The van der Waals surface area contributed by atoms with E-state index in [0.717, 1.165) is 86.8 Å². The summed E-state index contributed by atoms with van der Waals surface area (Å²) in [6, 6.07) is 6.39. The normalized spacial score (nSPS) is 20.3. The van der Waals surface area contributed by atoms with Gasteiger partial charge in [0.2, 0.25) is 0 Å². The van der Waals surface area contributed by atoms with E-state index in [1.165, 1.54) is 23.2 Å². The molecule has 4 aromatic heterocycles. The largest absolute Gasteiger partial charge is 0.493 e. The van der Waals surface area contributed by atoms with E-state index in [0.29, 0.717) is 57.8 Å². The topological polar surface area (TPSA) is 142 Å². The van der Waals surface area contributed by atoms with Gasteiger partial charge in [0.15, 0.2) is 11.3 Å². The van der Waals surface area contributed by atoms with E-state index in [4.69, 9.17) is 28.3 Å². The molecule has 5 aliphatic rings. The van der Waals surface area contributed by atoms with Gasteiger partial charge in [-0.25, -0.2) is 18.7 Å². The Kier molecular flexibility index (Phi) is 13.4. The maximum absolute atomic E-state index is 14.4. The predicted octanol–water partition coefficient (Wildman–Crippen LogP) is 8.27. The zero-order chi connectivity index (χ0) is 46.2. The summed E-state index contributed by atoms with van der Waals surface area (Å²) in [4.78, 5) is 9.06. The average molecular weight is 968 g/mol. The van der Waals surface area contributed by atoms with Crippen LogP contribution in [-0.2, 0) is 57.3 Å². The average Bonchev–Trinajstić information content (AvgIpc) is 4.16. The molecule has 0 saturated carbocycles. The van der Waals surface area contributed by atoms with Crippen LogP contribution >= 0.6 is 15.9 Å². The van der Waals surface area contributed by atoms with Gasteiger partial charge >= 0.3 is 7.12 Å². The van der Waals surface area contributed by atoms with Crippen molar-refractivity contribution in [1.29, 1.82) is 0 Å². The number of aromatic nitrogens is 8. The van der Waals surface area contributed by atoms with Gasteiger partial charge in [-0.1, -0.05) is 12.2 Å². The van der Waals surface area contributed by atoms with Crippen molar-refractivity contribution in [2.45, 2.75) is 116 Å². The lowest BCUT2D eigenvalue weighted by Crippen LogP contribution is -2.41. The fourth-order valence-electron chi connectivity index (χ4n) is 8.91. The van der Waals surface area contributed by atoms with Crippen LogP contribution in [0.4, 0.5) is 8.78 Å². The predicted molar refractivity (Wildman–Crippen MR) is 247 cm³/mol. The standard InChI is InChI=1S/C21H21FN4O2.C15H12BrFN4O.C12H21BO3/c1-13-10-14(6-8-27-13)17-11-23-20(26-12-24-25-21(17)26)5-2-15-16-7-9-28-19(16)4-3-18(15)22;16-11-7-18-14(21-8-19-20-15(11)21)4-1-9-10-5-6-22-13(10)3-2-12(9)17;1-9-8-10(6-7-14-9)13-15-11(2,3)12(4,5)16-13/h3-4,6,11-13H,2,5,7-10H2,1H3;2-3,7-8H,1,4-6H2;6,9H,7-8H2,1-5H3. The molecule has 0 amide bonds. The second kappa shape index (κ2) is 19.2. The maximum atomic E-state index is 14.4. The second-order valence-corrected chi connectivity index (χ2v) is 19.0. The number of benzene rings is 2. The molecule has 11 rings (SSSR count). The van der Waals surface area contributed by atoms with Gasteiger partial charge < -0.3 is 28.3 Å². The van der Waals surface area contributed by atoms with E-state index >= 15 is 0 Å².